The van der Waals surface area contributed by atoms with Gasteiger partial charge < -0.3 is 0 Å². The average Bonchev–Trinajstić information content (AvgIpc) is 2.61. The molecule has 0 saturated carbocycles. The largest absolute Gasteiger partial charge is 0.223 e. The molecule has 1 radical (unpaired) electrons. The lowest BCUT2D eigenvalue weighted by molar-refractivity contribution is 0.862. The number of hydrogen-bond donors (Lipinski definition) is 0. The summed E-state index contributed by atoms with van der Waals surface area (Å²) in [5.74, 6) is 0. The van der Waals surface area contributed by atoms with Crippen LogP contribution >= 0.6 is 11.3 Å². The molecule has 13 heavy (non-hydrogen) atoms. The van der Waals surface area contributed by atoms with Crippen LogP contribution in [0.4, 0.5) is 0 Å². The molecule has 0 fully saturated rings. The van der Waals surface area contributed by atoms with E-state index in [2.05, 4.69) is 23.2 Å². The zero-order valence-electron chi connectivity index (χ0n) is 7.83. The average molecular weight is 192 g/mol. The minimum atomic E-state index is 0.916. The number of aromatic nitrogens is 3. The lowest BCUT2D eigenvalue weighted by Crippen LogP contribution is -1.92. The van der Waals surface area contributed by atoms with Gasteiger partial charge in [-0.2, -0.15) is 5.10 Å². The minimum Gasteiger partial charge on any atom is -0.223 e. The van der Waals surface area contributed by atoms with Crippen LogP contribution in [-0.4, -0.2) is 14.8 Å². The SMILES string of the molecule is Cc1[c]nn(-c2nc(C)c(C)s2)c1. The Labute approximate surface area is 81.1 Å². The van der Waals surface area contributed by atoms with Gasteiger partial charge in [-0.1, -0.05) is 11.3 Å². The van der Waals surface area contributed by atoms with Crippen molar-refractivity contribution in [2.24, 2.45) is 0 Å². The molecular weight excluding hydrogens is 182 g/mol. The van der Waals surface area contributed by atoms with Crippen LogP contribution < -0.4 is 0 Å². The Morgan fingerprint density at radius 1 is 1.38 bits per heavy atom. The van der Waals surface area contributed by atoms with Gasteiger partial charge in [-0.3, -0.25) is 0 Å². The van der Waals surface area contributed by atoms with Crippen LogP contribution in [0.15, 0.2) is 6.20 Å². The van der Waals surface area contributed by atoms with Crippen LogP contribution in [0.2, 0.25) is 0 Å². The summed E-state index contributed by atoms with van der Waals surface area (Å²) in [5, 5.41) is 5.00. The maximum absolute atomic E-state index is 4.39. The van der Waals surface area contributed by atoms with Gasteiger partial charge in [-0.05, 0) is 26.3 Å². The minimum absolute atomic E-state index is 0.916. The van der Waals surface area contributed by atoms with Crippen molar-refractivity contribution in [1.82, 2.24) is 14.8 Å². The maximum atomic E-state index is 4.39. The van der Waals surface area contributed by atoms with Crippen molar-refractivity contribution in [2.45, 2.75) is 20.8 Å². The van der Waals surface area contributed by atoms with Crippen molar-refractivity contribution in [3.8, 4) is 5.13 Å². The molecule has 4 heteroatoms. The normalized spacial score (nSPS) is 10.7. The van der Waals surface area contributed by atoms with Crippen LogP contribution in [0.3, 0.4) is 0 Å². The summed E-state index contributed by atoms with van der Waals surface area (Å²) in [7, 11) is 0. The molecule has 2 heterocycles. The highest BCUT2D eigenvalue weighted by molar-refractivity contribution is 7.14. The fourth-order valence-electron chi connectivity index (χ4n) is 1.03. The van der Waals surface area contributed by atoms with E-state index in [0.717, 1.165) is 16.4 Å². The van der Waals surface area contributed by atoms with Gasteiger partial charge >= 0.3 is 0 Å². The summed E-state index contributed by atoms with van der Waals surface area (Å²) >= 11 is 1.65. The van der Waals surface area contributed by atoms with E-state index in [-0.39, 0.29) is 0 Å². The third kappa shape index (κ3) is 1.49. The second kappa shape index (κ2) is 2.96. The Hall–Kier alpha value is -1.16. The molecule has 0 aliphatic carbocycles. The Kier molecular flexibility index (Phi) is 1.92. The third-order valence-electron chi connectivity index (χ3n) is 1.86. The summed E-state index contributed by atoms with van der Waals surface area (Å²) in [6.07, 6.45) is 4.80. The molecule has 0 spiro atoms. The second-order valence-electron chi connectivity index (χ2n) is 3.01. The fraction of sp³-hybridized carbons (Fsp3) is 0.333. The molecule has 0 saturated heterocycles. The van der Waals surface area contributed by atoms with Crippen LogP contribution in [0.5, 0.6) is 0 Å². The Balaban J connectivity index is 2.46. The molecule has 0 aliphatic rings. The first kappa shape index (κ1) is 8.44. The van der Waals surface area contributed by atoms with Crippen LogP contribution in [0, 0.1) is 27.0 Å². The van der Waals surface area contributed by atoms with E-state index in [1.54, 1.807) is 16.0 Å². The van der Waals surface area contributed by atoms with Crippen molar-refractivity contribution in [2.75, 3.05) is 0 Å². The molecule has 0 amide bonds. The summed E-state index contributed by atoms with van der Waals surface area (Å²) in [6.45, 7) is 6.04. The number of thiazole rings is 1. The highest BCUT2D eigenvalue weighted by Gasteiger charge is 2.05. The predicted octanol–water partition coefficient (Wildman–Crippen LogP) is 2.05. The zero-order chi connectivity index (χ0) is 9.42. The summed E-state index contributed by atoms with van der Waals surface area (Å²) in [6, 6.07) is 0. The molecule has 67 valence electrons. The van der Waals surface area contributed by atoms with Crippen molar-refractivity contribution in [3.05, 3.63) is 28.5 Å². The van der Waals surface area contributed by atoms with Gasteiger partial charge in [-0.25, -0.2) is 9.67 Å². The van der Waals surface area contributed by atoms with Crippen LogP contribution in [-0.2, 0) is 0 Å². The predicted molar refractivity (Wildman–Crippen MR) is 52.3 cm³/mol. The summed E-state index contributed by atoms with van der Waals surface area (Å²) < 4.78 is 1.76. The smallest absolute Gasteiger partial charge is 0.210 e. The molecule has 0 N–H and O–H groups in total. The van der Waals surface area contributed by atoms with E-state index in [0.29, 0.717) is 0 Å². The number of nitrogens with zero attached hydrogens (tertiary/aromatic N) is 3. The number of hydrogen-bond acceptors (Lipinski definition) is 3. The first-order valence-corrected chi connectivity index (χ1v) is 4.87. The molecule has 0 aromatic carbocycles. The molecule has 2 aromatic rings. The van der Waals surface area contributed by atoms with Gasteiger partial charge in [0.05, 0.1) is 5.69 Å². The Morgan fingerprint density at radius 2 is 2.15 bits per heavy atom. The topological polar surface area (TPSA) is 30.7 Å². The molecule has 0 atom stereocenters. The second-order valence-corrected chi connectivity index (χ2v) is 4.19. The Bertz CT molecular complexity index is 408. The lowest BCUT2D eigenvalue weighted by atomic mass is 10.4. The molecule has 2 rings (SSSR count). The zero-order valence-corrected chi connectivity index (χ0v) is 8.64. The molecule has 2 aromatic heterocycles. The number of rotatable bonds is 1. The van der Waals surface area contributed by atoms with Crippen molar-refractivity contribution < 1.29 is 0 Å². The van der Waals surface area contributed by atoms with E-state index in [1.807, 2.05) is 20.0 Å². The monoisotopic (exact) mass is 192 g/mol. The van der Waals surface area contributed by atoms with Crippen molar-refractivity contribution >= 4 is 11.3 Å². The first-order chi connectivity index (χ1) is 6.16. The van der Waals surface area contributed by atoms with Crippen molar-refractivity contribution in [1.29, 1.82) is 0 Å². The molecule has 0 bridgehead atoms. The van der Waals surface area contributed by atoms with Gasteiger partial charge in [0.15, 0.2) is 0 Å². The third-order valence-corrected chi connectivity index (χ3v) is 2.93. The van der Waals surface area contributed by atoms with Gasteiger partial charge in [0, 0.05) is 11.1 Å². The number of aryl methyl sites for hydroxylation is 3. The molecular formula is C9H10N3S. The highest BCUT2D eigenvalue weighted by Crippen LogP contribution is 2.19. The van der Waals surface area contributed by atoms with Gasteiger partial charge in [0.1, 0.15) is 6.20 Å². The van der Waals surface area contributed by atoms with Gasteiger partial charge in [0.2, 0.25) is 5.13 Å². The molecule has 0 aliphatic heterocycles. The molecule has 3 nitrogen and oxygen atoms in total. The first-order valence-electron chi connectivity index (χ1n) is 4.05. The molecule has 0 unspecified atom stereocenters. The fourth-order valence-corrected chi connectivity index (χ4v) is 1.86. The van der Waals surface area contributed by atoms with Gasteiger partial charge in [-0.15, -0.1) is 0 Å². The lowest BCUT2D eigenvalue weighted by Gasteiger charge is -1.90. The van der Waals surface area contributed by atoms with E-state index in [1.165, 1.54) is 4.88 Å². The highest BCUT2D eigenvalue weighted by atomic mass is 32.1. The van der Waals surface area contributed by atoms with Crippen LogP contribution in [0.25, 0.3) is 5.13 Å². The van der Waals surface area contributed by atoms with E-state index < -0.39 is 0 Å². The standard InChI is InChI=1S/C9H10N3S/c1-6-4-10-12(5-6)9-11-7(2)8(3)13-9/h5H,1-3H3. The quantitative estimate of drug-likeness (QED) is 0.692. The van der Waals surface area contributed by atoms with Crippen LogP contribution in [0.1, 0.15) is 16.1 Å². The maximum Gasteiger partial charge on any atom is 0.210 e. The van der Waals surface area contributed by atoms with Crippen molar-refractivity contribution in [3.63, 3.8) is 0 Å². The Morgan fingerprint density at radius 3 is 2.62 bits per heavy atom. The van der Waals surface area contributed by atoms with E-state index >= 15 is 0 Å². The van der Waals surface area contributed by atoms with Gasteiger partial charge in [0.25, 0.3) is 0 Å². The van der Waals surface area contributed by atoms with E-state index in [4.69, 9.17) is 0 Å². The summed E-state index contributed by atoms with van der Waals surface area (Å²) in [4.78, 5) is 5.63. The summed E-state index contributed by atoms with van der Waals surface area (Å²) in [5.41, 5.74) is 2.11. The van der Waals surface area contributed by atoms with E-state index in [9.17, 15) is 0 Å².